The van der Waals surface area contributed by atoms with Crippen molar-refractivity contribution in [3.8, 4) is 0 Å². The molecule has 0 bridgehead atoms. The van der Waals surface area contributed by atoms with Gasteiger partial charge in [0.25, 0.3) is 5.91 Å². The smallest absolute Gasteiger partial charge is 0.326 e. The third-order valence-electron chi connectivity index (χ3n) is 3.14. The van der Waals surface area contributed by atoms with E-state index in [1.807, 2.05) is 0 Å². The van der Waals surface area contributed by atoms with E-state index in [9.17, 15) is 18.8 Å². The van der Waals surface area contributed by atoms with E-state index < -0.39 is 35.8 Å². The second kappa shape index (κ2) is 6.04. The highest BCUT2D eigenvalue weighted by Gasteiger charge is 2.45. The molecular formula is C14H14BrFN2O4. The molecule has 0 radical (unpaired) electrons. The normalized spacial score (nSPS) is 16.6. The highest BCUT2D eigenvalue weighted by molar-refractivity contribution is 9.10. The summed E-state index contributed by atoms with van der Waals surface area (Å²) in [4.78, 5) is 36.0. The first-order valence-corrected chi connectivity index (χ1v) is 7.23. The fraction of sp³-hybridized carbons (Fsp3) is 0.357. The summed E-state index contributed by atoms with van der Waals surface area (Å²) in [6, 6.07) is 3.69. The molecule has 1 heterocycles. The van der Waals surface area contributed by atoms with E-state index >= 15 is 0 Å². The maximum Gasteiger partial charge on any atom is 0.326 e. The number of ether oxygens (including phenoxy) is 1. The van der Waals surface area contributed by atoms with E-state index in [1.54, 1.807) is 6.07 Å². The highest BCUT2D eigenvalue weighted by Crippen LogP contribution is 2.18. The maximum atomic E-state index is 13.6. The lowest BCUT2D eigenvalue weighted by Crippen LogP contribution is -2.41. The van der Waals surface area contributed by atoms with Gasteiger partial charge in [-0.05, 0) is 26.0 Å². The average Bonchev–Trinajstić information content (AvgIpc) is 2.60. The van der Waals surface area contributed by atoms with Gasteiger partial charge in [-0.15, -0.1) is 0 Å². The molecule has 1 fully saturated rings. The molecule has 0 aliphatic carbocycles. The Morgan fingerprint density at radius 3 is 2.64 bits per heavy atom. The van der Waals surface area contributed by atoms with Crippen molar-refractivity contribution >= 4 is 33.8 Å². The van der Waals surface area contributed by atoms with Crippen LogP contribution in [-0.4, -0.2) is 34.9 Å². The fourth-order valence-electron chi connectivity index (χ4n) is 1.93. The molecule has 0 saturated carbocycles. The number of carbonyl (C=O) groups is 3. The molecule has 1 aromatic carbocycles. The van der Waals surface area contributed by atoms with Crippen molar-refractivity contribution in [2.75, 3.05) is 6.54 Å². The van der Waals surface area contributed by atoms with Crippen molar-refractivity contribution in [2.45, 2.75) is 26.0 Å². The molecule has 6 nitrogen and oxygen atoms in total. The number of halogens is 2. The van der Waals surface area contributed by atoms with Crippen LogP contribution >= 0.6 is 15.9 Å². The van der Waals surface area contributed by atoms with Gasteiger partial charge < -0.3 is 10.1 Å². The standard InChI is InChI=1S/C14H14BrFN2O4/c1-14(2)12(20)18(13(21)17-14)6-11(19)22-7-8-3-4-9(15)5-10(8)16/h3-5H,6-7H2,1-2H3,(H,17,21). The first-order chi connectivity index (χ1) is 10.2. The minimum Gasteiger partial charge on any atom is -0.459 e. The lowest BCUT2D eigenvalue weighted by molar-refractivity contribution is -0.148. The molecule has 1 N–H and O–H groups in total. The second-order valence-corrected chi connectivity index (χ2v) is 6.26. The quantitative estimate of drug-likeness (QED) is 0.647. The number of carbonyl (C=O) groups excluding carboxylic acids is 3. The maximum absolute atomic E-state index is 13.6. The summed E-state index contributed by atoms with van der Waals surface area (Å²) in [5.41, 5.74) is -0.844. The Morgan fingerprint density at radius 1 is 1.41 bits per heavy atom. The minimum atomic E-state index is -1.05. The minimum absolute atomic E-state index is 0.203. The lowest BCUT2D eigenvalue weighted by atomic mass is 10.1. The van der Waals surface area contributed by atoms with Crippen LogP contribution in [0.2, 0.25) is 0 Å². The molecule has 3 amide bonds. The van der Waals surface area contributed by atoms with Crippen molar-refractivity contribution < 1.29 is 23.5 Å². The molecule has 0 atom stereocenters. The first kappa shape index (κ1) is 16.4. The number of rotatable bonds is 4. The monoisotopic (exact) mass is 372 g/mol. The zero-order valence-electron chi connectivity index (χ0n) is 12.0. The molecule has 22 heavy (non-hydrogen) atoms. The van der Waals surface area contributed by atoms with Gasteiger partial charge in [-0.2, -0.15) is 0 Å². The predicted molar refractivity (Wildman–Crippen MR) is 78.2 cm³/mol. The van der Waals surface area contributed by atoms with E-state index in [-0.39, 0.29) is 12.2 Å². The van der Waals surface area contributed by atoms with Gasteiger partial charge >= 0.3 is 12.0 Å². The summed E-state index contributed by atoms with van der Waals surface area (Å²) in [7, 11) is 0. The molecule has 1 aliphatic rings. The van der Waals surface area contributed by atoms with Crippen molar-refractivity contribution in [3.05, 3.63) is 34.1 Å². The topological polar surface area (TPSA) is 75.7 Å². The van der Waals surface area contributed by atoms with Crippen molar-refractivity contribution in [1.29, 1.82) is 0 Å². The van der Waals surface area contributed by atoms with Crippen molar-refractivity contribution in [3.63, 3.8) is 0 Å². The van der Waals surface area contributed by atoms with E-state index in [4.69, 9.17) is 4.74 Å². The number of urea groups is 1. The van der Waals surface area contributed by atoms with Gasteiger partial charge in [0.15, 0.2) is 0 Å². The van der Waals surface area contributed by atoms with Crippen LogP contribution in [0, 0.1) is 5.82 Å². The summed E-state index contributed by atoms with van der Waals surface area (Å²) < 4.78 is 19.1. The lowest BCUT2D eigenvalue weighted by Gasteiger charge is -2.15. The largest absolute Gasteiger partial charge is 0.459 e. The van der Waals surface area contributed by atoms with E-state index in [1.165, 1.54) is 26.0 Å². The van der Waals surface area contributed by atoms with Gasteiger partial charge in [0.05, 0.1) is 0 Å². The number of imide groups is 1. The molecule has 0 spiro atoms. The number of benzene rings is 1. The van der Waals surface area contributed by atoms with Crippen LogP contribution in [0.15, 0.2) is 22.7 Å². The molecule has 1 aromatic rings. The second-order valence-electron chi connectivity index (χ2n) is 5.34. The average molecular weight is 373 g/mol. The third kappa shape index (κ3) is 3.44. The van der Waals surface area contributed by atoms with Gasteiger partial charge in [-0.1, -0.05) is 22.0 Å². The van der Waals surface area contributed by atoms with E-state index in [0.717, 1.165) is 4.90 Å². The van der Waals surface area contributed by atoms with Crippen LogP contribution in [0.5, 0.6) is 0 Å². The van der Waals surface area contributed by atoms with Crippen LogP contribution in [0.4, 0.5) is 9.18 Å². The molecular weight excluding hydrogens is 359 g/mol. The number of nitrogens with zero attached hydrogens (tertiary/aromatic N) is 1. The number of esters is 1. The molecule has 0 aromatic heterocycles. The van der Waals surface area contributed by atoms with Crippen LogP contribution in [0.3, 0.4) is 0 Å². The zero-order chi connectivity index (χ0) is 16.5. The molecule has 1 saturated heterocycles. The van der Waals surface area contributed by atoms with Crippen LogP contribution in [0.25, 0.3) is 0 Å². The van der Waals surface area contributed by atoms with Gasteiger partial charge in [0.1, 0.15) is 24.5 Å². The molecule has 118 valence electrons. The van der Waals surface area contributed by atoms with Crippen LogP contribution in [-0.2, 0) is 20.9 Å². The van der Waals surface area contributed by atoms with Crippen LogP contribution < -0.4 is 5.32 Å². The van der Waals surface area contributed by atoms with Crippen LogP contribution in [0.1, 0.15) is 19.4 Å². The highest BCUT2D eigenvalue weighted by atomic mass is 79.9. The summed E-state index contributed by atoms with van der Waals surface area (Å²) in [5.74, 6) is -1.81. The van der Waals surface area contributed by atoms with Crippen molar-refractivity contribution in [2.24, 2.45) is 0 Å². The molecule has 2 rings (SSSR count). The zero-order valence-corrected chi connectivity index (χ0v) is 13.6. The number of nitrogens with one attached hydrogen (secondary N) is 1. The Bertz CT molecular complexity index is 648. The number of hydrogen-bond donors (Lipinski definition) is 1. The van der Waals surface area contributed by atoms with Gasteiger partial charge in [0.2, 0.25) is 0 Å². The Balaban J connectivity index is 1.94. The SMILES string of the molecule is CC1(C)NC(=O)N(CC(=O)OCc2ccc(Br)cc2F)C1=O. The van der Waals surface area contributed by atoms with Gasteiger partial charge in [0, 0.05) is 10.0 Å². The van der Waals surface area contributed by atoms with Gasteiger partial charge in [-0.25, -0.2) is 9.18 Å². The van der Waals surface area contributed by atoms with Crippen molar-refractivity contribution in [1.82, 2.24) is 10.2 Å². The third-order valence-corrected chi connectivity index (χ3v) is 3.63. The molecule has 0 unspecified atom stereocenters. The Labute approximate surface area is 134 Å². The first-order valence-electron chi connectivity index (χ1n) is 6.44. The summed E-state index contributed by atoms with van der Waals surface area (Å²) >= 11 is 3.12. The molecule has 1 aliphatic heterocycles. The number of hydrogen-bond acceptors (Lipinski definition) is 4. The summed E-state index contributed by atoms with van der Waals surface area (Å²) in [6.45, 7) is 2.29. The fourth-order valence-corrected chi connectivity index (χ4v) is 2.27. The van der Waals surface area contributed by atoms with E-state index in [0.29, 0.717) is 4.47 Å². The Hall–Kier alpha value is -1.96. The Kier molecular flexibility index (Phi) is 4.50. The Morgan fingerprint density at radius 2 is 2.09 bits per heavy atom. The summed E-state index contributed by atoms with van der Waals surface area (Å²) in [6.07, 6.45) is 0. The van der Waals surface area contributed by atoms with Gasteiger partial charge in [-0.3, -0.25) is 14.5 Å². The van der Waals surface area contributed by atoms with E-state index in [2.05, 4.69) is 21.2 Å². The summed E-state index contributed by atoms with van der Waals surface area (Å²) in [5, 5.41) is 2.45. The predicted octanol–water partition coefficient (Wildman–Crippen LogP) is 1.96. The number of amides is 3. The molecule has 8 heteroatoms.